The van der Waals surface area contributed by atoms with E-state index >= 15 is 0 Å². The highest BCUT2D eigenvalue weighted by Crippen LogP contribution is 2.20. The van der Waals surface area contributed by atoms with Crippen molar-refractivity contribution in [3.05, 3.63) is 47.5 Å². The van der Waals surface area contributed by atoms with Crippen molar-refractivity contribution in [2.24, 2.45) is 0 Å². The molecule has 0 saturated carbocycles. The van der Waals surface area contributed by atoms with Gasteiger partial charge in [0.05, 0.1) is 0 Å². The van der Waals surface area contributed by atoms with Crippen molar-refractivity contribution in [2.45, 2.75) is 38.8 Å². The van der Waals surface area contributed by atoms with Crippen LogP contribution in [0, 0.1) is 0 Å². The summed E-state index contributed by atoms with van der Waals surface area (Å²) in [5, 5.41) is 24.2. The molecule has 2 aliphatic heterocycles. The van der Waals surface area contributed by atoms with E-state index in [-0.39, 0.29) is 0 Å². The zero-order chi connectivity index (χ0) is 27.5. The molecule has 2 fully saturated rings. The van der Waals surface area contributed by atoms with Gasteiger partial charge in [-0.15, -0.1) is 0 Å². The summed E-state index contributed by atoms with van der Waals surface area (Å²) < 4.78 is 0. The fraction of sp³-hybridized carbons (Fsp3) is 0.688. The molecular formula is C32H56N8. The molecule has 0 radical (unpaired) electrons. The van der Waals surface area contributed by atoms with Gasteiger partial charge in [0.2, 0.25) is 0 Å². The van der Waals surface area contributed by atoms with E-state index < -0.39 is 0 Å². The first-order valence-corrected chi connectivity index (χ1v) is 16.1. The quantitative estimate of drug-likeness (QED) is 0.342. The number of hydrogen-bond acceptors (Lipinski definition) is 8. The van der Waals surface area contributed by atoms with E-state index in [0.29, 0.717) is 0 Å². The molecule has 2 aromatic carbocycles. The van der Waals surface area contributed by atoms with Crippen molar-refractivity contribution in [1.82, 2.24) is 41.7 Å². The first kappa shape index (κ1) is 31.3. The van der Waals surface area contributed by atoms with Crippen LogP contribution in [-0.4, -0.2) is 115 Å². The normalized spacial score (nSPS) is 21.9. The van der Waals surface area contributed by atoms with Crippen LogP contribution < -0.4 is 31.9 Å². The molecule has 8 heteroatoms. The highest BCUT2D eigenvalue weighted by atomic mass is 15.1. The lowest BCUT2D eigenvalue weighted by Crippen LogP contribution is -2.36. The van der Waals surface area contributed by atoms with Gasteiger partial charge in [-0.05, 0) is 112 Å². The maximum atomic E-state index is 3.64. The van der Waals surface area contributed by atoms with Gasteiger partial charge >= 0.3 is 0 Å². The van der Waals surface area contributed by atoms with Crippen molar-refractivity contribution >= 4 is 10.8 Å². The average molecular weight is 553 g/mol. The van der Waals surface area contributed by atoms with Crippen LogP contribution in [0.15, 0.2) is 36.4 Å². The van der Waals surface area contributed by atoms with Crippen LogP contribution in [0.3, 0.4) is 0 Å². The van der Waals surface area contributed by atoms with Crippen LogP contribution in [0.1, 0.15) is 36.8 Å². The average Bonchev–Trinajstić information content (AvgIpc) is 2.97. The lowest BCUT2D eigenvalue weighted by molar-refractivity contribution is 0.260. The fourth-order valence-corrected chi connectivity index (χ4v) is 5.71. The lowest BCUT2D eigenvalue weighted by Gasteiger charge is -2.24. The van der Waals surface area contributed by atoms with Crippen LogP contribution in [-0.2, 0) is 13.1 Å². The first-order valence-electron chi connectivity index (χ1n) is 16.1. The molecule has 0 unspecified atom stereocenters. The molecule has 2 saturated heterocycles. The Morgan fingerprint density at radius 3 is 1.20 bits per heavy atom. The molecule has 2 aliphatic rings. The summed E-state index contributed by atoms with van der Waals surface area (Å²) in [7, 11) is 0. The summed E-state index contributed by atoms with van der Waals surface area (Å²) in [5.41, 5.74) is 2.84. The zero-order valence-corrected chi connectivity index (χ0v) is 24.9. The second-order valence-corrected chi connectivity index (χ2v) is 11.5. The Balaban J connectivity index is 1.31. The SMILES string of the molecule is c1cc2cc(CN3CCCNCCNCCCNCC3)ccc2cc1CN1CCCNCCNCCCNCC1. The molecule has 0 aromatic heterocycles. The minimum absolute atomic E-state index is 1.02. The Bertz CT molecular complexity index is 835. The standard InChI is InChI=1S/C32H56N8/c1-9-33-15-17-35-13-3-21-39(23-19-37-11-1)27-29-5-7-32-26-30(6-8-31(32)25-29)28-40-22-4-14-36-18-16-34-10-2-12-38-20-24-40/h5-8,25-26,33-38H,1-4,9-24,27-28H2. The molecule has 8 nitrogen and oxygen atoms in total. The number of fused-ring (bicyclic) bond motifs is 1. The van der Waals surface area contributed by atoms with Crippen LogP contribution in [0.4, 0.5) is 0 Å². The van der Waals surface area contributed by atoms with E-state index in [0.717, 1.165) is 118 Å². The van der Waals surface area contributed by atoms with E-state index in [9.17, 15) is 0 Å². The van der Waals surface area contributed by atoms with Gasteiger partial charge in [-0.2, -0.15) is 0 Å². The molecule has 224 valence electrons. The summed E-state index contributed by atoms with van der Waals surface area (Å²) in [6, 6.07) is 14.2. The van der Waals surface area contributed by atoms with Gasteiger partial charge in [0.15, 0.2) is 0 Å². The molecule has 0 bridgehead atoms. The van der Waals surface area contributed by atoms with Gasteiger partial charge in [0, 0.05) is 65.4 Å². The highest BCUT2D eigenvalue weighted by molar-refractivity contribution is 5.83. The second-order valence-electron chi connectivity index (χ2n) is 11.5. The Morgan fingerprint density at radius 1 is 0.400 bits per heavy atom. The maximum absolute atomic E-state index is 3.64. The van der Waals surface area contributed by atoms with Gasteiger partial charge in [0.1, 0.15) is 0 Å². The molecular weight excluding hydrogens is 496 g/mol. The Hall–Kier alpha value is -1.62. The van der Waals surface area contributed by atoms with Crippen LogP contribution in [0.25, 0.3) is 10.8 Å². The summed E-state index contributed by atoms with van der Waals surface area (Å²) in [6.45, 7) is 19.4. The molecule has 2 aromatic rings. The van der Waals surface area contributed by atoms with Gasteiger partial charge < -0.3 is 31.9 Å². The van der Waals surface area contributed by atoms with Crippen molar-refractivity contribution in [1.29, 1.82) is 0 Å². The number of nitrogens with zero attached hydrogens (tertiary/aromatic N) is 2. The van der Waals surface area contributed by atoms with Crippen molar-refractivity contribution in [2.75, 3.05) is 105 Å². The number of benzene rings is 2. The summed E-state index contributed by atoms with van der Waals surface area (Å²) in [5.74, 6) is 0. The van der Waals surface area contributed by atoms with Crippen LogP contribution in [0.5, 0.6) is 0 Å². The lowest BCUT2D eigenvalue weighted by atomic mass is 10.0. The third kappa shape index (κ3) is 12.5. The molecule has 0 amide bonds. The molecule has 4 rings (SSSR count). The second kappa shape index (κ2) is 19.5. The van der Waals surface area contributed by atoms with E-state index in [1.807, 2.05) is 0 Å². The van der Waals surface area contributed by atoms with Crippen LogP contribution >= 0.6 is 0 Å². The molecule has 0 spiro atoms. The number of rotatable bonds is 4. The molecule has 0 aliphatic carbocycles. The van der Waals surface area contributed by atoms with E-state index in [2.05, 4.69) is 78.1 Å². The van der Waals surface area contributed by atoms with Crippen molar-refractivity contribution < 1.29 is 0 Å². The van der Waals surface area contributed by atoms with E-state index in [1.54, 1.807) is 0 Å². The topological polar surface area (TPSA) is 78.7 Å². The van der Waals surface area contributed by atoms with Gasteiger partial charge in [-0.25, -0.2) is 0 Å². The van der Waals surface area contributed by atoms with Gasteiger partial charge in [-0.3, -0.25) is 9.80 Å². The minimum Gasteiger partial charge on any atom is -0.315 e. The molecule has 6 N–H and O–H groups in total. The summed E-state index contributed by atoms with van der Waals surface area (Å²) in [4.78, 5) is 5.24. The fourth-order valence-electron chi connectivity index (χ4n) is 5.71. The molecule has 0 atom stereocenters. The summed E-state index contributed by atoms with van der Waals surface area (Å²) >= 11 is 0. The highest BCUT2D eigenvalue weighted by Gasteiger charge is 2.10. The number of nitrogens with one attached hydrogen (secondary N) is 6. The van der Waals surface area contributed by atoms with E-state index in [4.69, 9.17) is 0 Å². The predicted octanol–water partition coefficient (Wildman–Crippen LogP) is 1.57. The summed E-state index contributed by atoms with van der Waals surface area (Å²) in [6.07, 6.45) is 4.76. The largest absolute Gasteiger partial charge is 0.315 e. The maximum Gasteiger partial charge on any atom is 0.0234 e. The van der Waals surface area contributed by atoms with Crippen LogP contribution in [0.2, 0.25) is 0 Å². The third-order valence-electron chi connectivity index (χ3n) is 8.02. The first-order chi connectivity index (χ1) is 19.9. The monoisotopic (exact) mass is 552 g/mol. The zero-order valence-electron chi connectivity index (χ0n) is 24.9. The molecule has 40 heavy (non-hydrogen) atoms. The van der Waals surface area contributed by atoms with E-state index in [1.165, 1.54) is 47.6 Å². The minimum atomic E-state index is 1.02. The third-order valence-corrected chi connectivity index (χ3v) is 8.02. The number of hydrogen-bond donors (Lipinski definition) is 6. The van der Waals surface area contributed by atoms with Crippen molar-refractivity contribution in [3.63, 3.8) is 0 Å². The predicted molar refractivity (Wildman–Crippen MR) is 170 cm³/mol. The Labute approximate surface area is 243 Å². The Kier molecular flexibility index (Phi) is 15.3. The van der Waals surface area contributed by atoms with Gasteiger partial charge in [0.25, 0.3) is 0 Å². The van der Waals surface area contributed by atoms with Crippen molar-refractivity contribution in [3.8, 4) is 0 Å². The Morgan fingerprint density at radius 2 is 0.775 bits per heavy atom. The smallest absolute Gasteiger partial charge is 0.0234 e. The molecule has 2 heterocycles. The van der Waals surface area contributed by atoms with Gasteiger partial charge in [-0.1, -0.05) is 24.3 Å².